The van der Waals surface area contributed by atoms with Gasteiger partial charge in [-0.1, -0.05) is 30.3 Å². The van der Waals surface area contributed by atoms with E-state index in [2.05, 4.69) is 10.3 Å². The van der Waals surface area contributed by atoms with Crippen LogP contribution in [0.2, 0.25) is 0 Å². The molecule has 0 fully saturated rings. The van der Waals surface area contributed by atoms with Crippen LogP contribution >= 0.6 is 0 Å². The van der Waals surface area contributed by atoms with Crippen LogP contribution in [0.3, 0.4) is 0 Å². The lowest BCUT2D eigenvalue weighted by molar-refractivity contribution is 0.102. The van der Waals surface area contributed by atoms with E-state index in [-0.39, 0.29) is 17.3 Å². The minimum Gasteiger partial charge on any atom is -0.359 e. The number of aromatic amines is 1. The first-order chi connectivity index (χ1) is 14.8. The lowest BCUT2D eigenvalue weighted by atomic mass is 10.2. The van der Waals surface area contributed by atoms with Gasteiger partial charge >= 0.3 is 0 Å². The number of rotatable bonds is 6. The molecule has 2 N–H and O–H groups in total. The van der Waals surface area contributed by atoms with Gasteiger partial charge in [-0.25, -0.2) is 8.42 Å². The zero-order valence-corrected chi connectivity index (χ0v) is 18.1. The van der Waals surface area contributed by atoms with Crippen LogP contribution in [0.15, 0.2) is 83.8 Å². The predicted molar refractivity (Wildman–Crippen MR) is 123 cm³/mol. The van der Waals surface area contributed by atoms with E-state index in [1.807, 2.05) is 61.5 Å². The van der Waals surface area contributed by atoms with Crippen molar-refractivity contribution in [3.8, 4) is 0 Å². The molecule has 0 bridgehead atoms. The highest BCUT2D eigenvalue weighted by Gasteiger charge is 2.21. The number of nitrogens with zero attached hydrogens (tertiary/aromatic N) is 1. The van der Waals surface area contributed by atoms with Crippen LogP contribution in [-0.2, 0) is 16.6 Å². The molecule has 4 aromatic rings. The second-order valence-electron chi connectivity index (χ2n) is 7.48. The highest BCUT2D eigenvalue weighted by atomic mass is 32.2. The number of benzene rings is 3. The molecule has 6 nitrogen and oxygen atoms in total. The first kappa shape index (κ1) is 20.8. The quantitative estimate of drug-likeness (QED) is 0.468. The number of anilines is 1. The number of nitrogens with one attached hydrogen (secondary N) is 2. The summed E-state index contributed by atoms with van der Waals surface area (Å²) >= 11 is 0. The topological polar surface area (TPSA) is 82.3 Å². The average Bonchev–Trinajstić information content (AvgIpc) is 3.13. The molecular formula is C24H23N3O3S. The zero-order valence-electron chi connectivity index (χ0n) is 17.3. The van der Waals surface area contributed by atoms with E-state index in [1.165, 1.54) is 28.6 Å². The Balaban J connectivity index is 1.47. The van der Waals surface area contributed by atoms with Crippen LogP contribution in [0.1, 0.15) is 21.6 Å². The van der Waals surface area contributed by atoms with E-state index < -0.39 is 10.0 Å². The number of hydrogen-bond acceptors (Lipinski definition) is 3. The van der Waals surface area contributed by atoms with E-state index in [9.17, 15) is 13.2 Å². The zero-order chi connectivity index (χ0) is 22.0. The molecule has 0 unspecified atom stereocenters. The molecule has 0 saturated carbocycles. The maximum absolute atomic E-state index is 12.9. The maximum Gasteiger partial charge on any atom is 0.255 e. The molecule has 0 aliphatic heterocycles. The van der Waals surface area contributed by atoms with Gasteiger partial charge in [-0.05, 0) is 61.0 Å². The minimum atomic E-state index is -3.66. The molecule has 3 aromatic carbocycles. The Morgan fingerprint density at radius 3 is 2.39 bits per heavy atom. The Morgan fingerprint density at radius 1 is 0.968 bits per heavy atom. The molecule has 31 heavy (non-hydrogen) atoms. The molecule has 7 heteroatoms. The number of sulfonamides is 1. The lowest BCUT2D eigenvalue weighted by Gasteiger charge is -2.17. The number of carbonyl (C=O) groups is 1. The third-order valence-corrected chi connectivity index (χ3v) is 6.90. The monoisotopic (exact) mass is 433 g/mol. The van der Waals surface area contributed by atoms with Crippen molar-refractivity contribution in [1.29, 1.82) is 0 Å². The third kappa shape index (κ3) is 4.52. The van der Waals surface area contributed by atoms with Gasteiger partial charge in [-0.2, -0.15) is 4.31 Å². The van der Waals surface area contributed by atoms with Gasteiger partial charge in [-0.15, -0.1) is 0 Å². The molecule has 1 aromatic heterocycles. The van der Waals surface area contributed by atoms with Crippen LogP contribution < -0.4 is 5.32 Å². The first-order valence-electron chi connectivity index (χ1n) is 9.84. The highest BCUT2D eigenvalue weighted by molar-refractivity contribution is 7.89. The van der Waals surface area contributed by atoms with Crippen molar-refractivity contribution in [3.63, 3.8) is 0 Å². The van der Waals surface area contributed by atoms with Crippen LogP contribution in [0.25, 0.3) is 10.9 Å². The van der Waals surface area contributed by atoms with Gasteiger partial charge < -0.3 is 10.3 Å². The van der Waals surface area contributed by atoms with E-state index in [4.69, 9.17) is 0 Å². The number of hydrogen-bond donors (Lipinski definition) is 2. The van der Waals surface area contributed by atoms with Crippen molar-refractivity contribution in [2.75, 3.05) is 12.4 Å². The molecule has 0 aliphatic rings. The summed E-state index contributed by atoms with van der Waals surface area (Å²) in [6.45, 7) is 2.25. The largest absolute Gasteiger partial charge is 0.359 e. The predicted octanol–water partition coefficient (Wildman–Crippen LogP) is 4.55. The summed E-state index contributed by atoms with van der Waals surface area (Å²) in [6, 6.07) is 23.0. The van der Waals surface area contributed by atoms with Crippen molar-refractivity contribution in [2.24, 2.45) is 0 Å². The van der Waals surface area contributed by atoms with Crippen molar-refractivity contribution in [2.45, 2.75) is 18.4 Å². The van der Waals surface area contributed by atoms with Gasteiger partial charge in [0, 0.05) is 41.4 Å². The fraction of sp³-hybridized carbons (Fsp3) is 0.125. The Bertz CT molecular complexity index is 1330. The molecule has 0 spiro atoms. The normalized spacial score (nSPS) is 11.7. The van der Waals surface area contributed by atoms with Crippen molar-refractivity contribution < 1.29 is 13.2 Å². The van der Waals surface area contributed by atoms with Crippen molar-refractivity contribution in [1.82, 2.24) is 9.29 Å². The molecule has 158 valence electrons. The summed E-state index contributed by atoms with van der Waals surface area (Å²) in [6.07, 6.45) is 0. The standard InChI is InChI=1S/C24H23N3O3S/c1-17-14-20-15-21(10-13-23(20)25-17)26-24(28)19-8-11-22(12-9-19)31(29,30)27(2)16-18-6-4-3-5-7-18/h3-15,25H,16H2,1-2H3,(H,26,28). The molecule has 0 atom stereocenters. The van der Waals surface area contributed by atoms with Gasteiger partial charge in [0.25, 0.3) is 5.91 Å². The second-order valence-corrected chi connectivity index (χ2v) is 9.52. The van der Waals surface area contributed by atoms with E-state index >= 15 is 0 Å². The molecule has 1 heterocycles. The van der Waals surface area contributed by atoms with Gasteiger partial charge in [0.05, 0.1) is 4.90 Å². The second kappa shape index (κ2) is 8.37. The number of fused-ring (bicyclic) bond motifs is 1. The molecular weight excluding hydrogens is 410 g/mol. The lowest BCUT2D eigenvalue weighted by Crippen LogP contribution is -2.26. The van der Waals surface area contributed by atoms with Crippen LogP contribution in [0.5, 0.6) is 0 Å². The maximum atomic E-state index is 12.9. The molecule has 1 amide bonds. The number of aromatic nitrogens is 1. The summed E-state index contributed by atoms with van der Waals surface area (Å²) in [5.41, 5.74) is 4.02. The van der Waals surface area contributed by atoms with E-state index in [1.54, 1.807) is 7.05 Å². The Hall–Kier alpha value is -3.42. The summed E-state index contributed by atoms with van der Waals surface area (Å²) in [5, 5.41) is 3.87. The number of amides is 1. The fourth-order valence-corrected chi connectivity index (χ4v) is 4.60. The fourth-order valence-electron chi connectivity index (χ4n) is 3.44. The van der Waals surface area contributed by atoms with Gasteiger partial charge in [0.1, 0.15) is 0 Å². The SMILES string of the molecule is Cc1cc2cc(NC(=O)c3ccc(S(=O)(=O)N(C)Cc4ccccc4)cc3)ccc2[nH]1. The van der Waals surface area contributed by atoms with Gasteiger partial charge in [0.15, 0.2) is 0 Å². The van der Waals surface area contributed by atoms with Gasteiger partial charge in [-0.3, -0.25) is 4.79 Å². The molecule has 4 rings (SSSR count). The van der Waals surface area contributed by atoms with Crippen molar-refractivity contribution >= 4 is 32.5 Å². The van der Waals surface area contributed by atoms with Crippen LogP contribution in [-0.4, -0.2) is 30.7 Å². The number of carbonyl (C=O) groups excluding carboxylic acids is 1. The van der Waals surface area contributed by atoms with E-state index in [0.29, 0.717) is 11.3 Å². The Morgan fingerprint density at radius 2 is 1.68 bits per heavy atom. The molecule has 0 radical (unpaired) electrons. The first-order valence-corrected chi connectivity index (χ1v) is 11.3. The van der Waals surface area contributed by atoms with Crippen molar-refractivity contribution in [3.05, 3.63) is 95.7 Å². The van der Waals surface area contributed by atoms with Gasteiger partial charge in [0.2, 0.25) is 10.0 Å². The van der Waals surface area contributed by atoms with Crippen LogP contribution in [0.4, 0.5) is 5.69 Å². The minimum absolute atomic E-state index is 0.145. The van der Waals surface area contributed by atoms with E-state index in [0.717, 1.165) is 22.2 Å². The number of aryl methyl sites for hydroxylation is 1. The smallest absolute Gasteiger partial charge is 0.255 e. The summed E-state index contributed by atoms with van der Waals surface area (Å²) in [5.74, 6) is -0.298. The highest BCUT2D eigenvalue weighted by Crippen LogP contribution is 2.21. The Labute approximate surface area is 181 Å². The molecule has 0 saturated heterocycles. The number of H-pyrrole nitrogens is 1. The molecule has 0 aliphatic carbocycles. The Kier molecular flexibility index (Phi) is 5.63. The summed E-state index contributed by atoms with van der Waals surface area (Å²) in [4.78, 5) is 16.0. The summed E-state index contributed by atoms with van der Waals surface area (Å²) in [7, 11) is -2.12. The summed E-state index contributed by atoms with van der Waals surface area (Å²) < 4.78 is 27.0. The third-order valence-electron chi connectivity index (χ3n) is 5.09. The average molecular weight is 434 g/mol. The van der Waals surface area contributed by atoms with Crippen LogP contribution in [0, 0.1) is 6.92 Å².